The highest BCUT2D eigenvalue weighted by Crippen LogP contribution is 2.13. The van der Waals surface area contributed by atoms with Crippen molar-refractivity contribution in [2.24, 2.45) is 0 Å². The normalized spacial score (nSPS) is 16.7. The smallest absolute Gasteiger partial charge is 0.253 e. The lowest BCUT2D eigenvalue weighted by Crippen LogP contribution is -2.52. The molecule has 1 unspecified atom stereocenters. The van der Waals surface area contributed by atoms with Crippen LogP contribution in [0.25, 0.3) is 0 Å². The van der Waals surface area contributed by atoms with Crippen molar-refractivity contribution in [1.82, 2.24) is 0 Å². The number of rotatable bonds is 5. The van der Waals surface area contributed by atoms with Crippen molar-refractivity contribution in [2.75, 3.05) is 27.7 Å². The van der Waals surface area contributed by atoms with Crippen molar-refractivity contribution in [2.45, 2.75) is 12.2 Å². The lowest BCUT2D eigenvalue weighted by atomic mass is 10.2. The monoisotopic (exact) mass is 193 g/mol. The third-order valence-corrected chi connectivity index (χ3v) is 1.31. The Balaban J connectivity index is 4.36. The van der Waals surface area contributed by atoms with Gasteiger partial charge in [-0.05, 0) is 0 Å². The van der Waals surface area contributed by atoms with E-state index in [0.717, 1.165) is 0 Å². The first-order valence-electron chi connectivity index (χ1n) is 3.74. The number of carbonyl (C=O) groups is 1. The molecule has 13 heavy (non-hydrogen) atoms. The van der Waals surface area contributed by atoms with Crippen LogP contribution in [0.3, 0.4) is 0 Å². The Morgan fingerprint density at radius 3 is 2.23 bits per heavy atom. The van der Waals surface area contributed by atoms with Gasteiger partial charge in [-0.25, -0.2) is 5.26 Å². The van der Waals surface area contributed by atoms with Gasteiger partial charge in [0.15, 0.2) is 0 Å². The zero-order valence-electron chi connectivity index (χ0n) is 7.98. The molecule has 0 aromatic heterocycles. The minimum absolute atomic E-state index is 0.0581. The summed E-state index contributed by atoms with van der Waals surface area (Å²) in [6.07, 6.45) is -0.765. The average molecular weight is 193 g/mol. The Hall–Kier alpha value is -0.690. The van der Waals surface area contributed by atoms with Gasteiger partial charge in [-0.15, -0.1) is 0 Å². The van der Waals surface area contributed by atoms with Crippen LogP contribution in [0.15, 0.2) is 0 Å². The summed E-state index contributed by atoms with van der Waals surface area (Å²) in [5.41, 5.74) is 0. The fourth-order valence-electron chi connectivity index (χ4n) is 1.08. The molecule has 0 aromatic carbocycles. The minimum atomic E-state index is -2.09. The first-order chi connectivity index (χ1) is 5.68. The molecule has 0 aliphatic rings. The SMILES string of the molecule is C[N+](C)(C)CC(O)(CC(=O)[O-])OO. The zero-order chi connectivity index (χ0) is 10.7. The molecule has 0 aliphatic heterocycles. The zero-order valence-corrected chi connectivity index (χ0v) is 7.98. The molecule has 2 N–H and O–H groups in total. The average Bonchev–Trinajstić information content (AvgIpc) is 1.81. The van der Waals surface area contributed by atoms with Crippen LogP contribution >= 0.6 is 0 Å². The summed E-state index contributed by atoms with van der Waals surface area (Å²) in [6, 6.07) is 0. The van der Waals surface area contributed by atoms with Gasteiger partial charge in [0, 0.05) is 12.4 Å². The molecule has 1 atom stereocenters. The number of nitrogens with zero attached hydrogens (tertiary/aromatic N) is 1. The van der Waals surface area contributed by atoms with Crippen molar-refractivity contribution in [1.29, 1.82) is 0 Å². The van der Waals surface area contributed by atoms with Crippen molar-refractivity contribution in [3.05, 3.63) is 0 Å². The molecule has 0 spiro atoms. The first-order valence-corrected chi connectivity index (χ1v) is 3.74. The van der Waals surface area contributed by atoms with Crippen molar-refractivity contribution in [3.8, 4) is 0 Å². The molecular formula is C7H15NO5. The fourth-order valence-corrected chi connectivity index (χ4v) is 1.08. The molecule has 0 bridgehead atoms. The van der Waals surface area contributed by atoms with Gasteiger partial charge >= 0.3 is 0 Å². The number of hydrogen-bond donors (Lipinski definition) is 2. The van der Waals surface area contributed by atoms with E-state index in [1.165, 1.54) is 0 Å². The van der Waals surface area contributed by atoms with Gasteiger partial charge in [0.1, 0.15) is 6.54 Å². The number of carboxylic acid groups (broad SMARTS) is 1. The molecule has 78 valence electrons. The largest absolute Gasteiger partial charge is 0.550 e. The van der Waals surface area contributed by atoms with Crippen LogP contribution in [0.1, 0.15) is 6.42 Å². The van der Waals surface area contributed by atoms with E-state index >= 15 is 0 Å². The summed E-state index contributed by atoms with van der Waals surface area (Å²) < 4.78 is 0.254. The quantitative estimate of drug-likeness (QED) is 0.228. The third kappa shape index (κ3) is 5.53. The first kappa shape index (κ1) is 12.3. The van der Waals surface area contributed by atoms with E-state index < -0.39 is 18.2 Å². The van der Waals surface area contributed by atoms with Crippen LogP contribution in [-0.4, -0.2) is 54.3 Å². The minimum Gasteiger partial charge on any atom is -0.550 e. The topological polar surface area (TPSA) is 89.8 Å². The highest BCUT2D eigenvalue weighted by molar-refractivity contribution is 5.65. The second-order valence-corrected chi connectivity index (χ2v) is 4.03. The third-order valence-electron chi connectivity index (χ3n) is 1.31. The van der Waals surface area contributed by atoms with Crippen LogP contribution in [0.2, 0.25) is 0 Å². The van der Waals surface area contributed by atoms with E-state index in [2.05, 4.69) is 4.89 Å². The standard InChI is InChI=1S/C7H15NO5/c1-8(2,3)5-7(11,13-12)4-6(9)10/h11H,4-5H2,1-3H3,(H-,9,10,12). The maximum Gasteiger partial charge on any atom is 0.253 e. The molecule has 0 rings (SSSR count). The summed E-state index contributed by atoms with van der Waals surface area (Å²) in [4.78, 5) is 13.9. The Morgan fingerprint density at radius 1 is 1.54 bits per heavy atom. The Labute approximate surface area is 76.5 Å². The Bertz CT molecular complexity index is 188. The number of aliphatic hydroxyl groups is 1. The summed E-state index contributed by atoms with van der Waals surface area (Å²) in [6.45, 7) is -0.0581. The van der Waals surface area contributed by atoms with Gasteiger partial charge < -0.3 is 19.5 Å². The van der Waals surface area contributed by atoms with Crippen LogP contribution in [0.5, 0.6) is 0 Å². The van der Waals surface area contributed by atoms with Gasteiger partial charge in [0.2, 0.25) is 0 Å². The number of quaternary nitrogens is 1. The fraction of sp³-hybridized carbons (Fsp3) is 0.857. The molecule has 6 heteroatoms. The van der Waals surface area contributed by atoms with E-state index in [1.807, 2.05) is 0 Å². The summed E-state index contributed by atoms with van der Waals surface area (Å²) in [5.74, 6) is -3.57. The highest BCUT2D eigenvalue weighted by atomic mass is 17.1. The molecule has 0 radical (unpaired) electrons. The molecule has 0 saturated carbocycles. The lowest BCUT2D eigenvalue weighted by molar-refractivity contribution is -0.883. The van der Waals surface area contributed by atoms with E-state index in [0.29, 0.717) is 0 Å². The lowest BCUT2D eigenvalue weighted by Gasteiger charge is -2.33. The highest BCUT2D eigenvalue weighted by Gasteiger charge is 2.35. The molecule has 0 aromatic rings. The second-order valence-electron chi connectivity index (χ2n) is 4.03. The molecule has 0 amide bonds. The number of carbonyl (C=O) groups excluding carboxylic acids is 1. The Morgan fingerprint density at radius 2 is 2.00 bits per heavy atom. The van der Waals surface area contributed by atoms with Crippen molar-refractivity contribution in [3.63, 3.8) is 0 Å². The van der Waals surface area contributed by atoms with E-state index in [4.69, 9.17) is 5.26 Å². The number of aliphatic carboxylic acids is 1. The second kappa shape index (κ2) is 4.01. The van der Waals surface area contributed by atoms with Gasteiger partial charge in [-0.1, -0.05) is 0 Å². The van der Waals surface area contributed by atoms with Crippen LogP contribution in [-0.2, 0) is 9.68 Å². The summed E-state index contributed by atoms with van der Waals surface area (Å²) in [5, 5.41) is 28.0. The van der Waals surface area contributed by atoms with Crippen molar-refractivity contribution < 1.29 is 29.6 Å². The van der Waals surface area contributed by atoms with Crippen LogP contribution in [0.4, 0.5) is 0 Å². The number of carboxylic acids is 1. The van der Waals surface area contributed by atoms with Gasteiger partial charge in [0.05, 0.1) is 21.1 Å². The van der Waals surface area contributed by atoms with Crippen molar-refractivity contribution >= 4 is 5.97 Å². The van der Waals surface area contributed by atoms with Gasteiger partial charge in [-0.2, -0.15) is 4.89 Å². The summed E-state index contributed by atoms with van der Waals surface area (Å²) in [7, 11) is 5.16. The Kier molecular flexibility index (Phi) is 3.80. The molecule has 0 heterocycles. The molecule has 0 saturated heterocycles. The predicted octanol–water partition coefficient (Wildman–Crippen LogP) is -1.99. The van der Waals surface area contributed by atoms with Crippen LogP contribution < -0.4 is 5.11 Å². The maximum atomic E-state index is 10.2. The van der Waals surface area contributed by atoms with E-state index in [9.17, 15) is 15.0 Å². The molecule has 0 aliphatic carbocycles. The molecule has 0 fully saturated rings. The number of likely N-dealkylation sites (N-methyl/N-ethyl adjacent to an activating group) is 1. The summed E-state index contributed by atoms with van der Waals surface area (Å²) >= 11 is 0. The van der Waals surface area contributed by atoms with E-state index in [1.54, 1.807) is 21.1 Å². The molecule has 6 nitrogen and oxygen atoms in total. The van der Waals surface area contributed by atoms with E-state index in [-0.39, 0.29) is 11.0 Å². The predicted molar refractivity (Wildman–Crippen MR) is 41.2 cm³/mol. The van der Waals surface area contributed by atoms with Crippen LogP contribution in [0, 0.1) is 0 Å². The maximum absolute atomic E-state index is 10.2. The molecular weight excluding hydrogens is 178 g/mol. The van der Waals surface area contributed by atoms with Gasteiger partial charge in [-0.3, -0.25) is 0 Å². The van der Waals surface area contributed by atoms with Gasteiger partial charge in [0.25, 0.3) is 5.79 Å². The number of hydrogen-bond acceptors (Lipinski definition) is 5.